The van der Waals surface area contributed by atoms with Gasteiger partial charge in [-0.2, -0.15) is 0 Å². The molecule has 0 aliphatic heterocycles. The summed E-state index contributed by atoms with van der Waals surface area (Å²) >= 11 is 18.2. The van der Waals surface area contributed by atoms with Crippen molar-refractivity contribution in [2.24, 2.45) is 5.92 Å². The summed E-state index contributed by atoms with van der Waals surface area (Å²) in [6.07, 6.45) is 4.09. The van der Waals surface area contributed by atoms with Crippen LogP contribution in [0, 0.1) is 5.92 Å². The van der Waals surface area contributed by atoms with Crippen LogP contribution in [0.3, 0.4) is 0 Å². The van der Waals surface area contributed by atoms with E-state index in [0.29, 0.717) is 39.3 Å². The average Bonchev–Trinajstić information content (AvgIpc) is 2.80. The topological polar surface area (TPSA) is 69.3 Å². The molecule has 0 bridgehead atoms. The van der Waals surface area contributed by atoms with Gasteiger partial charge in [-0.1, -0.05) is 53.0 Å². The highest BCUT2D eigenvalue weighted by atomic mass is 35.5. The number of nitrogens with zero attached hydrogens (tertiary/aromatic N) is 2. The fraction of sp³-hybridized carbons (Fsp3) is 0.360. The third-order valence-electron chi connectivity index (χ3n) is 6.17. The van der Waals surface area contributed by atoms with Crippen LogP contribution in [-0.2, 0) is 0 Å². The van der Waals surface area contributed by atoms with Gasteiger partial charge in [-0.05, 0) is 49.8 Å². The van der Waals surface area contributed by atoms with Crippen molar-refractivity contribution >= 4 is 68.9 Å². The molecule has 1 heterocycles. The molecule has 1 aliphatic carbocycles. The maximum Gasteiger partial charge on any atom is 0.319 e. The summed E-state index contributed by atoms with van der Waals surface area (Å²) in [5.74, 6) is 1.32. The van der Waals surface area contributed by atoms with E-state index in [1.807, 2.05) is 18.2 Å². The molecule has 3 aromatic rings. The van der Waals surface area contributed by atoms with Crippen LogP contribution in [0.1, 0.15) is 25.7 Å². The number of hydrogen-bond donors (Lipinski definition) is 3. The summed E-state index contributed by atoms with van der Waals surface area (Å²) in [5.41, 5.74) is 2.50. The summed E-state index contributed by atoms with van der Waals surface area (Å²) in [4.78, 5) is 19.3. The Morgan fingerprint density at radius 3 is 2.38 bits per heavy atom. The molecule has 4 rings (SSSR count). The maximum absolute atomic E-state index is 12.3. The first-order chi connectivity index (χ1) is 16.3. The minimum absolute atomic E-state index is 0.305. The van der Waals surface area contributed by atoms with Gasteiger partial charge >= 0.3 is 6.03 Å². The molecule has 0 radical (unpaired) electrons. The number of aromatic nitrogens is 1. The van der Waals surface area contributed by atoms with Crippen molar-refractivity contribution in [2.45, 2.75) is 31.7 Å². The predicted octanol–water partition coefficient (Wildman–Crippen LogP) is 7.05. The van der Waals surface area contributed by atoms with Gasteiger partial charge in [-0.3, -0.25) is 0 Å². The van der Waals surface area contributed by atoms with Gasteiger partial charge in [0.25, 0.3) is 0 Å². The SMILES string of the molecule is CN(C)c1cc(N[C@H]2CC[C@@H](CNC(=O)Nc3c(Cl)cc(Cl)cc3Cl)CC2)nc2ccccc12. The summed E-state index contributed by atoms with van der Waals surface area (Å²) in [6.45, 7) is 0.598. The van der Waals surface area contributed by atoms with Gasteiger partial charge in [0, 0.05) is 48.8 Å². The van der Waals surface area contributed by atoms with Gasteiger partial charge in [0.15, 0.2) is 0 Å². The standard InChI is InChI=1S/C25H28Cl3N5O/c1-33(2)22-13-23(31-21-6-4-3-5-18(21)22)30-17-9-7-15(8-10-17)14-29-25(34)32-24-19(27)11-16(26)12-20(24)28/h3-6,11-13,15,17H,7-10,14H2,1-2H3,(H,30,31)(H2,29,32,34)/t15-,17+. The van der Waals surface area contributed by atoms with Crippen molar-refractivity contribution < 1.29 is 4.79 Å². The number of anilines is 3. The Bertz CT molecular complexity index is 1160. The molecule has 2 amide bonds. The second-order valence-corrected chi connectivity index (χ2v) is 10.1. The lowest BCUT2D eigenvalue weighted by Gasteiger charge is -2.30. The lowest BCUT2D eigenvalue weighted by atomic mass is 9.86. The fourth-order valence-electron chi connectivity index (χ4n) is 4.38. The van der Waals surface area contributed by atoms with Crippen molar-refractivity contribution in [1.82, 2.24) is 10.3 Å². The Morgan fingerprint density at radius 2 is 1.71 bits per heavy atom. The zero-order chi connectivity index (χ0) is 24.2. The van der Waals surface area contributed by atoms with Gasteiger partial charge in [0.1, 0.15) is 5.82 Å². The fourth-order valence-corrected chi connectivity index (χ4v) is 5.29. The van der Waals surface area contributed by atoms with Crippen LogP contribution in [0.25, 0.3) is 10.9 Å². The number of urea groups is 1. The van der Waals surface area contributed by atoms with E-state index in [1.54, 1.807) is 12.1 Å². The quantitative estimate of drug-likeness (QED) is 0.326. The molecule has 0 saturated heterocycles. The van der Waals surface area contributed by atoms with E-state index in [-0.39, 0.29) is 6.03 Å². The number of benzene rings is 2. The van der Waals surface area contributed by atoms with E-state index < -0.39 is 0 Å². The largest absolute Gasteiger partial charge is 0.377 e. The number of pyridine rings is 1. The van der Waals surface area contributed by atoms with Crippen molar-refractivity contribution in [2.75, 3.05) is 36.2 Å². The molecule has 2 aromatic carbocycles. The van der Waals surface area contributed by atoms with Gasteiger partial charge in [-0.15, -0.1) is 0 Å². The molecule has 3 N–H and O–H groups in total. The normalized spacial score (nSPS) is 17.9. The highest BCUT2D eigenvalue weighted by Crippen LogP contribution is 2.34. The molecule has 1 fully saturated rings. The van der Waals surface area contributed by atoms with Crippen LogP contribution in [0.15, 0.2) is 42.5 Å². The Balaban J connectivity index is 1.28. The molecule has 9 heteroatoms. The van der Waals surface area contributed by atoms with Gasteiger partial charge in [0.05, 0.1) is 21.2 Å². The molecule has 1 aliphatic rings. The third kappa shape index (κ3) is 5.98. The Morgan fingerprint density at radius 1 is 1.03 bits per heavy atom. The summed E-state index contributed by atoms with van der Waals surface area (Å²) < 4.78 is 0. The number of halogens is 3. The van der Waals surface area contributed by atoms with Crippen LogP contribution in [0.2, 0.25) is 15.1 Å². The number of fused-ring (bicyclic) bond motifs is 1. The molecule has 6 nitrogen and oxygen atoms in total. The van der Waals surface area contributed by atoms with E-state index >= 15 is 0 Å². The smallest absolute Gasteiger partial charge is 0.319 e. The number of carbonyl (C=O) groups is 1. The Labute approximate surface area is 215 Å². The van der Waals surface area contributed by atoms with E-state index in [9.17, 15) is 4.79 Å². The first-order valence-corrected chi connectivity index (χ1v) is 12.5. The van der Waals surface area contributed by atoms with Crippen LogP contribution in [-0.4, -0.2) is 37.7 Å². The number of para-hydroxylation sites is 1. The molecular weight excluding hydrogens is 493 g/mol. The number of hydrogen-bond acceptors (Lipinski definition) is 4. The van der Waals surface area contributed by atoms with E-state index in [2.05, 4.69) is 47.1 Å². The molecule has 34 heavy (non-hydrogen) atoms. The molecule has 0 atom stereocenters. The Kier molecular flexibility index (Phi) is 7.91. The Hall–Kier alpha value is -2.41. The highest BCUT2D eigenvalue weighted by Gasteiger charge is 2.22. The van der Waals surface area contributed by atoms with Crippen LogP contribution < -0.4 is 20.9 Å². The summed E-state index contributed by atoms with van der Waals surface area (Å²) in [7, 11) is 4.10. The third-order valence-corrected chi connectivity index (χ3v) is 6.99. The molecule has 0 spiro atoms. The van der Waals surface area contributed by atoms with Crippen LogP contribution in [0.4, 0.5) is 22.0 Å². The van der Waals surface area contributed by atoms with E-state index in [1.165, 1.54) is 0 Å². The monoisotopic (exact) mass is 519 g/mol. The summed E-state index contributed by atoms with van der Waals surface area (Å²) in [6, 6.07) is 13.4. The number of amides is 2. The van der Waals surface area contributed by atoms with Crippen LogP contribution >= 0.6 is 34.8 Å². The molecule has 0 unspecified atom stereocenters. The van der Waals surface area contributed by atoms with Crippen molar-refractivity contribution in [3.8, 4) is 0 Å². The number of carbonyl (C=O) groups excluding carboxylic acids is 1. The lowest BCUT2D eigenvalue weighted by Crippen LogP contribution is -2.36. The average molecular weight is 521 g/mol. The van der Waals surface area contributed by atoms with Crippen molar-refractivity contribution in [3.63, 3.8) is 0 Å². The maximum atomic E-state index is 12.3. The van der Waals surface area contributed by atoms with Gasteiger partial charge < -0.3 is 20.9 Å². The van der Waals surface area contributed by atoms with E-state index in [0.717, 1.165) is 48.1 Å². The van der Waals surface area contributed by atoms with Gasteiger partial charge in [0.2, 0.25) is 0 Å². The minimum atomic E-state index is -0.331. The highest BCUT2D eigenvalue weighted by molar-refractivity contribution is 6.42. The minimum Gasteiger partial charge on any atom is -0.377 e. The second kappa shape index (κ2) is 10.9. The zero-order valence-corrected chi connectivity index (χ0v) is 21.4. The van der Waals surface area contributed by atoms with Crippen molar-refractivity contribution in [3.05, 3.63) is 57.5 Å². The number of nitrogens with one attached hydrogen (secondary N) is 3. The number of rotatable bonds is 6. The predicted molar refractivity (Wildman–Crippen MR) is 144 cm³/mol. The molecule has 180 valence electrons. The van der Waals surface area contributed by atoms with Gasteiger partial charge in [-0.25, -0.2) is 9.78 Å². The van der Waals surface area contributed by atoms with Crippen LogP contribution in [0.5, 0.6) is 0 Å². The first kappa shape index (κ1) is 24.7. The van der Waals surface area contributed by atoms with E-state index in [4.69, 9.17) is 39.8 Å². The first-order valence-electron chi connectivity index (χ1n) is 11.3. The molecule has 1 saturated carbocycles. The lowest BCUT2D eigenvalue weighted by molar-refractivity contribution is 0.246. The molecule has 1 aromatic heterocycles. The summed E-state index contributed by atoms with van der Waals surface area (Å²) in [5, 5.41) is 11.5. The molecular formula is C25H28Cl3N5O. The second-order valence-electron chi connectivity index (χ2n) is 8.88. The van der Waals surface area contributed by atoms with Crippen molar-refractivity contribution in [1.29, 1.82) is 0 Å². The zero-order valence-electron chi connectivity index (χ0n) is 19.2.